The number of aryl methyl sites for hydroxylation is 1. The molecule has 3 heterocycles. The monoisotopic (exact) mass is 320 g/mol. The highest BCUT2D eigenvalue weighted by Crippen LogP contribution is 2.31. The van der Waals surface area contributed by atoms with E-state index >= 15 is 0 Å². The van der Waals surface area contributed by atoms with E-state index in [1.807, 2.05) is 23.2 Å². The molecule has 0 saturated carbocycles. The van der Waals surface area contributed by atoms with E-state index in [4.69, 9.17) is 0 Å². The first-order valence-electron chi connectivity index (χ1n) is 8.43. The Hall–Kier alpha value is -2.69. The van der Waals surface area contributed by atoms with E-state index in [-0.39, 0.29) is 11.9 Å². The van der Waals surface area contributed by atoms with Gasteiger partial charge in [0.05, 0.1) is 17.9 Å². The lowest BCUT2D eigenvalue weighted by Gasteiger charge is -2.24. The summed E-state index contributed by atoms with van der Waals surface area (Å²) < 4.78 is 0. The van der Waals surface area contributed by atoms with Crippen molar-refractivity contribution >= 4 is 16.8 Å². The van der Waals surface area contributed by atoms with Crippen LogP contribution in [0.5, 0.6) is 0 Å². The zero-order valence-electron chi connectivity index (χ0n) is 13.5. The number of aromatic amines is 1. The highest BCUT2D eigenvalue weighted by molar-refractivity contribution is 5.84. The van der Waals surface area contributed by atoms with Crippen LogP contribution in [0, 0.1) is 0 Å². The maximum atomic E-state index is 12.7. The molecule has 1 amide bonds. The van der Waals surface area contributed by atoms with Gasteiger partial charge in [-0.25, -0.2) is 0 Å². The number of amides is 1. The third-order valence-corrected chi connectivity index (χ3v) is 4.78. The second kappa shape index (κ2) is 6.43. The Kier molecular flexibility index (Phi) is 3.99. The van der Waals surface area contributed by atoms with Gasteiger partial charge in [-0.2, -0.15) is 0 Å². The van der Waals surface area contributed by atoms with Gasteiger partial charge in [-0.1, -0.05) is 18.2 Å². The molecule has 1 aliphatic heterocycles. The van der Waals surface area contributed by atoms with Crippen molar-refractivity contribution in [2.75, 3.05) is 6.54 Å². The minimum absolute atomic E-state index is 0.0779. The van der Waals surface area contributed by atoms with Gasteiger partial charge in [-0.15, -0.1) is 0 Å². The third-order valence-electron chi connectivity index (χ3n) is 4.78. The molecule has 0 radical (unpaired) electrons. The van der Waals surface area contributed by atoms with Crippen LogP contribution in [0.4, 0.5) is 0 Å². The van der Waals surface area contributed by atoms with Gasteiger partial charge in [0.1, 0.15) is 0 Å². The minimum atomic E-state index is 0.0779. The van der Waals surface area contributed by atoms with Crippen LogP contribution in [0.3, 0.4) is 0 Å². The second-order valence-corrected chi connectivity index (χ2v) is 6.23. The predicted molar refractivity (Wildman–Crippen MR) is 92.3 cm³/mol. The van der Waals surface area contributed by atoms with Gasteiger partial charge in [0.15, 0.2) is 0 Å². The molecule has 2 aromatic heterocycles. The highest BCUT2D eigenvalue weighted by atomic mass is 16.2. The van der Waals surface area contributed by atoms with E-state index < -0.39 is 0 Å². The van der Waals surface area contributed by atoms with E-state index in [0.29, 0.717) is 6.42 Å². The summed E-state index contributed by atoms with van der Waals surface area (Å²) >= 11 is 0. The van der Waals surface area contributed by atoms with E-state index in [9.17, 15) is 4.79 Å². The van der Waals surface area contributed by atoms with Crippen LogP contribution in [-0.2, 0) is 11.2 Å². The van der Waals surface area contributed by atoms with Gasteiger partial charge < -0.3 is 9.88 Å². The van der Waals surface area contributed by atoms with Crippen molar-refractivity contribution in [1.29, 1.82) is 0 Å². The van der Waals surface area contributed by atoms with Crippen LogP contribution in [-0.4, -0.2) is 32.3 Å². The molecule has 4 rings (SSSR count). The number of hydrogen-bond donors (Lipinski definition) is 1. The lowest BCUT2D eigenvalue weighted by molar-refractivity contribution is -0.132. The topological polar surface area (TPSA) is 61.9 Å². The number of rotatable bonds is 4. The number of para-hydroxylation sites is 1. The number of aromatic nitrogens is 3. The molecule has 1 saturated heterocycles. The van der Waals surface area contributed by atoms with Crippen LogP contribution in [0.2, 0.25) is 0 Å². The molecular formula is C19H20N4O. The molecule has 0 unspecified atom stereocenters. The lowest BCUT2D eigenvalue weighted by Crippen LogP contribution is -2.31. The summed E-state index contributed by atoms with van der Waals surface area (Å²) in [5, 5.41) is 1.21. The number of nitrogens with zero attached hydrogens (tertiary/aromatic N) is 3. The SMILES string of the molecule is O=C(CCc1c[nH]c2ccccc12)N1CCC[C@H]1c1cnccn1. The second-order valence-electron chi connectivity index (χ2n) is 6.23. The summed E-state index contributed by atoms with van der Waals surface area (Å²) in [6.45, 7) is 0.813. The fourth-order valence-electron chi connectivity index (χ4n) is 3.58. The summed E-state index contributed by atoms with van der Waals surface area (Å²) in [5.41, 5.74) is 3.23. The summed E-state index contributed by atoms with van der Waals surface area (Å²) in [6.07, 6.45) is 10.4. The van der Waals surface area contributed by atoms with E-state index in [2.05, 4.69) is 27.1 Å². The number of likely N-dealkylation sites (tertiary alicyclic amines) is 1. The number of hydrogen-bond acceptors (Lipinski definition) is 3. The van der Waals surface area contributed by atoms with Crippen molar-refractivity contribution in [3.63, 3.8) is 0 Å². The quantitative estimate of drug-likeness (QED) is 0.802. The number of H-pyrrole nitrogens is 1. The average molecular weight is 320 g/mol. The smallest absolute Gasteiger partial charge is 0.223 e. The number of benzene rings is 1. The molecule has 1 aromatic carbocycles. The van der Waals surface area contributed by atoms with Crippen LogP contribution in [0.25, 0.3) is 10.9 Å². The van der Waals surface area contributed by atoms with Crippen molar-refractivity contribution in [1.82, 2.24) is 19.9 Å². The van der Waals surface area contributed by atoms with Crippen LogP contribution < -0.4 is 0 Å². The zero-order valence-corrected chi connectivity index (χ0v) is 13.5. The normalized spacial score (nSPS) is 17.5. The van der Waals surface area contributed by atoms with Gasteiger partial charge in [-0.3, -0.25) is 14.8 Å². The van der Waals surface area contributed by atoms with Gasteiger partial charge in [0.25, 0.3) is 0 Å². The molecule has 1 fully saturated rings. The first kappa shape index (κ1) is 14.9. The molecule has 0 bridgehead atoms. The fourth-order valence-corrected chi connectivity index (χ4v) is 3.58. The summed E-state index contributed by atoms with van der Waals surface area (Å²) in [5.74, 6) is 0.202. The first-order chi connectivity index (χ1) is 11.8. The van der Waals surface area contributed by atoms with Crippen LogP contribution in [0.1, 0.15) is 36.6 Å². The minimum Gasteiger partial charge on any atom is -0.361 e. The maximum Gasteiger partial charge on any atom is 0.223 e. The number of carbonyl (C=O) groups excluding carboxylic acids is 1. The maximum absolute atomic E-state index is 12.7. The van der Waals surface area contributed by atoms with Gasteiger partial charge in [0.2, 0.25) is 5.91 Å². The Morgan fingerprint density at radius 3 is 3.08 bits per heavy atom. The molecule has 122 valence electrons. The highest BCUT2D eigenvalue weighted by Gasteiger charge is 2.30. The van der Waals surface area contributed by atoms with Crippen LogP contribution >= 0.6 is 0 Å². The lowest BCUT2D eigenvalue weighted by atomic mass is 10.1. The molecule has 24 heavy (non-hydrogen) atoms. The molecular weight excluding hydrogens is 300 g/mol. The van der Waals surface area contributed by atoms with Gasteiger partial charge >= 0.3 is 0 Å². The van der Waals surface area contributed by atoms with Crippen molar-refractivity contribution in [3.05, 3.63) is 60.3 Å². The molecule has 0 aliphatic carbocycles. The van der Waals surface area contributed by atoms with Crippen LogP contribution in [0.15, 0.2) is 49.1 Å². The largest absolute Gasteiger partial charge is 0.361 e. The zero-order chi connectivity index (χ0) is 16.4. The summed E-state index contributed by atoms with van der Waals surface area (Å²) in [4.78, 5) is 26.5. The molecule has 1 N–H and O–H groups in total. The number of carbonyl (C=O) groups is 1. The molecule has 0 spiro atoms. The molecule has 5 heteroatoms. The van der Waals surface area contributed by atoms with E-state index in [0.717, 1.165) is 37.0 Å². The molecule has 3 aromatic rings. The first-order valence-corrected chi connectivity index (χ1v) is 8.43. The molecule has 1 atom stereocenters. The Labute approximate surface area is 140 Å². The molecule has 1 aliphatic rings. The summed E-state index contributed by atoms with van der Waals surface area (Å²) in [7, 11) is 0. The van der Waals surface area contributed by atoms with Crippen molar-refractivity contribution in [2.24, 2.45) is 0 Å². The van der Waals surface area contributed by atoms with E-state index in [1.165, 1.54) is 10.9 Å². The Bertz CT molecular complexity index is 843. The van der Waals surface area contributed by atoms with Gasteiger partial charge in [0, 0.05) is 42.5 Å². The van der Waals surface area contributed by atoms with E-state index in [1.54, 1.807) is 18.6 Å². The predicted octanol–water partition coefficient (Wildman–Crippen LogP) is 3.25. The standard InChI is InChI=1S/C19H20N4O/c24-19(8-7-14-12-22-16-5-2-1-4-15(14)16)23-11-3-6-18(23)17-13-20-9-10-21-17/h1-2,4-5,9-10,12-13,18,22H,3,6-8,11H2/t18-/m0/s1. The third kappa shape index (κ3) is 2.77. The Balaban J connectivity index is 1.46. The molecule has 5 nitrogen and oxygen atoms in total. The summed E-state index contributed by atoms with van der Waals surface area (Å²) in [6, 6.07) is 8.29. The van der Waals surface area contributed by atoms with Crippen molar-refractivity contribution < 1.29 is 4.79 Å². The number of nitrogens with one attached hydrogen (secondary N) is 1. The average Bonchev–Trinajstić information content (AvgIpc) is 3.28. The van der Waals surface area contributed by atoms with Crippen molar-refractivity contribution in [3.8, 4) is 0 Å². The number of fused-ring (bicyclic) bond motifs is 1. The van der Waals surface area contributed by atoms with Crippen molar-refractivity contribution in [2.45, 2.75) is 31.7 Å². The Morgan fingerprint density at radius 1 is 1.29 bits per heavy atom. The fraction of sp³-hybridized carbons (Fsp3) is 0.316. The van der Waals surface area contributed by atoms with Gasteiger partial charge in [-0.05, 0) is 30.9 Å². The Morgan fingerprint density at radius 2 is 2.21 bits per heavy atom.